The molecule has 0 spiro atoms. The second kappa shape index (κ2) is 6.00. The van der Waals surface area contributed by atoms with Gasteiger partial charge in [0.2, 0.25) is 0 Å². The monoisotopic (exact) mass is 326 g/mol. The largest absolute Gasteiger partial charge is 0.399 e. The SMILES string of the molecule is CC(C)N(C)S(=O)(=O)Nc1nc(-c2ccc(N)cc2)cs1. The van der Waals surface area contributed by atoms with Crippen LogP contribution in [0.25, 0.3) is 11.3 Å². The highest BCUT2D eigenvalue weighted by Gasteiger charge is 2.21. The van der Waals surface area contributed by atoms with E-state index in [-0.39, 0.29) is 6.04 Å². The summed E-state index contributed by atoms with van der Waals surface area (Å²) in [5.41, 5.74) is 7.92. The van der Waals surface area contributed by atoms with Crippen LogP contribution in [0.5, 0.6) is 0 Å². The minimum atomic E-state index is -3.58. The van der Waals surface area contributed by atoms with E-state index in [1.54, 1.807) is 31.4 Å². The summed E-state index contributed by atoms with van der Waals surface area (Å²) in [6.45, 7) is 3.61. The van der Waals surface area contributed by atoms with Gasteiger partial charge in [-0.25, -0.2) is 9.71 Å². The third-order valence-corrected chi connectivity index (χ3v) is 5.55. The summed E-state index contributed by atoms with van der Waals surface area (Å²) in [5.74, 6) is 0. The van der Waals surface area contributed by atoms with Crippen LogP contribution in [0.1, 0.15) is 13.8 Å². The third-order valence-electron chi connectivity index (χ3n) is 3.03. The van der Waals surface area contributed by atoms with Crippen molar-refractivity contribution in [3.8, 4) is 11.3 Å². The minimum Gasteiger partial charge on any atom is -0.399 e. The molecule has 6 nitrogen and oxygen atoms in total. The Balaban J connectivity index is 2.19. The molecule has 0 radical (unpaired) electrons. The molecule has 2 rings (SSSR count). The highest BCUT2D eigenvalue weighted by molar-refractivity contribution is 7.90. The Morgan fingerprint density at radius 3 is 2.48 bits per heavy atom. The Bertz CT molecular complexity index is 708. The second-order valence-corrected chi connectivity index (χ2v) is 7.47. The van der Waals surface area contributed by atoms with Crippen molar-refractivity contribution in [2.45, 2.75) is 19.9 Å². The van der Waals surface area contributed by atoms with Crippen LogP contribution in [0.2, 0.25) is 0 Å². The van der Waals surface area contributed by atoms with Crippen molar-refractivity contribution >= 4 is 32.4 Å². The van der Waals surface area contributed by atoms with E-state index in [1.807, 2.05) is 12.1 Å². The van der Waals surface area contributed by atoms with E-state index in [9.17, 15) is 8.42 Å². The van der Waals surface area contributed by atoms with Crippen molar-refractivity contribution in [3.05, 3.63) is 29.6 Å². The van der Waals surface area contributed by atoms with Crippen LogP contribution < -0.4 is 10.5 Å². The summed E-state index contributed by atoms with van der Waals surface area (Å²) in [6.07, 6.45) is 0. The highest BCUT2D eigenvalue weighted by Crippen LogP contribution is 2.26. The van der Waals surface area contributed by atoms with Crippen molar-refractivity contribution in [2.24, 2.45) is 0 Å². The predicted molar refractivity (Wildman–Crippen MR) is 87.4 cm³/mol. The minimum absolute atomic E-state index is 0.126. The number of anilines is 2. The summed E-state index contributed by atoms with van der Waals surface area (Å²) in [7, 11) is -2.05. The number of hydrogen-bond donors (Lipinski definition) is 2. The van der Waals surface area contributed by atoms with Crippen molar-refractivity contribution < 1.29 is 8.42 Å². The molecule has 0 aliphatic rings. The molecule has 0 saturated heterocycles. The third kappa shape index (κ3) is 3.72. The van der Waals surface area contributed by atoms with Gasteiger partial charge in [0.1, 0.15) is 0 Å². The molecule has 1 heterocycles. The van der Waals surface area contributed by atoms with Crippen LogP contribution >= 0.6 is 11.3 Å². The van der Waals surface area contributed by atoms with Crippen molar-refractivity contribution in [3.63, 3.8) is 0 Å². The van der Waals surface area contributed by atoms with Crippen LogP contribution in [0.4, 0.5) is 10.8 Å². The summed E-state index contributed by atoms with van der Waals surface area (Å²) >= 11 is 1.25. The first-order chi connectivity index (χ1) is 9.79. The van der Waals surface area contributed by atoms with E-state index < -0.39 is 10.2 Å². The van der Waals surface area contributed by atoms with Gasteiger partial charge in [0.25, 0.3) is 0 Å². The average molecular weight is 326 g/mol. The van der Waals surface area contributed by atoms with Gasteiger partial charge in [-0.05, 0) is 26.0 Å². The van der Waals surface area contributed by atoms with Gasteiger partial charge in [-0.15, -0.1) is 11.3 Å². The van der Waals surface area contributed by atoms with E-state index in [2.05, 4.69) is 9.71 Å². The van der Waals surface area contributed by atoms with E-state index in [0.717, 1.165) is 5.56 Å². The first kappa shape index (κ1) is 15.7. The number of thiazole rings is 1. The Kier molecular flexibility index (Phi) is 4.50. The summed E-state index contributed by atoms with van der Waals surface area (Å²) in [5, 5.41) is 2.15. The molecule has 114 valence electrons. The van der Waals surface area contributed by atoms with E-state index in [1.165, 1.54) is 22.7 Å². The van der Waals surface area contributed by atoms with Crippen LogP contribution in [-0.4, -0.2) is 30.8 Å². The zero-order valence-electron chi connectivity index (χ0n) is 12.1. The number of benzene rings is 1. The van der Waals surface area contributed by atoms with Crippen LogP contribution in [0, 0.1) is 0 Å². The first-order valence-electron chi connectivity index (χ1n) is 6.37. The standard InChI is InChI=1S/C13H18N4O2S2/c1-9(2)17(3)21(18,19)16-13-15-12(8-20-13)10-4-6-11(14)7-5-10/h4-9H,14H2,1-3H3,(H,15,16). The average Bonchev–Trinajstić information content (AvgIpc) is 2.86. The summed E-state index contributed by atoms with van der Waals surface area (Å²) in [6, 6.07) is 7.14. The fraction of sp³-hybridized carbons (Fsp3) is 0.308. The summed E-state index contributed by atoms with van der Waals surface area (Å²) < 4.78 is 27.9. The first-order valence-corrected chi connectivity index (χ1v) is 8.69. The lowest BCUT2D eigenvalue weighted by molar-refractivity contribution is 0.414. The normalized spacial score (nSPS) is 12.0. The second-order valence-electron chi connectivity index (χ2n) is 4.88. The van der Waals surface area contributed by atoms with Gasteiger partial charge in [-0.3, -0.25) is 0 Å². The smallest absolute Gasteiger partial charge is 0.303 e. The highest BCUT2D eigenvalue weighted by atomic mass is 32.2. The molecule has 2 aromatic rings. The molecular formula is C13H18N4O2S2. The Hall–Kier alpha value is -1.64. The maximum atomic E-state index is 12.1. The van der Waals surface area contributed by atoms with Gasteiger partial charge in [-0.1, -0.05) is 12.1 Å². The number of nitrogens with zero attached hydrogens (tertiary/aromatic N) is 2. The molecule has 0 fully saturated rings. The van der Waals surface area contributed by atoms with E-state index >= 15 is 0 Å². The molecule has 0 unspecified atom stereocenters. The lowest BCUT2D eigenvalue weighted by Crippen LogP contribution is -2.37. The van der Waals surface area contributed by atoms with Crippen LogP contribution in [0.15, 0.2) is 29.6 Å². The molecule has 3 N–H and O–H groups in total. The predicted octanol–water partition coefficient (Wildman–Crippen LogP) is 2.39. The van der Waals surface area contributed by atoms with Gasteiger partial charge in [0.15, 0.2) is 5.13 Å². The molecule has 0 bridgehead atoms. The molecule has 1 aromatic heterocycles. The number of hydrogen-bond acceptors (Lipinski definition) is 5. The molecular weight excluding hydrogens is 308 g/mol. The van der Waals surface area contributed by atoms with Crippen LogP contribution in [-0.2, 0) is 10.2 Å². The zero-order valence-corrected chi connectivity index (χ0v) is 13.7. The Labute approximate surface area is 128 Å². The van der Waals surface area contributed by atoms with Crippen LogP contribution in [0.3, 0.4) is 0 Å². The fourth-order valence-corrected chi connectivity index (χ4v) is 3.60. The van der Waals surface area contributed by atoms with E-state index in [4.69, 9.17) is 5.73 Å². The number of nitrogen functional groups attached to an aromatic ring is 1. The Morgan fingerprint density at radius 1 is 1.29 bits per heavy atom. The van der Waals surface area contributed by atoms with Gasteiger partial charge < -0.3 is 5.73 Å². The van der Waals surface area contributed by atoms with Crippen molar-refractivity contribution in [1.82, 2.24) is 9.29 Å². The maximum Gasteiger partial charge on any atom is 0.303 e. The number of rotatable bonds is 5. The van der Waals surface area contributed by atoms with Gasteiger partial charge in [0.05, 0.1) is 5.69 Å². The molecule has 0 aliphatic carbocycles. The zero-order chi connectivity index (χ0) is 15.6. The van der Waals surface area contributed by atoms with Crippen molar-refractivity contribution in [1.29, 1.82) is 0 Å². The Morgan fingerprint density at radius 2 is 1.90 bits per heavy atom. The molecule has 0 atom stereocenters. The van der Waals surface area contributed by atoms with E-state index in [0.29, 0.717) is 16.5 Å². The quantitative estimate of drug-likeness (QED) is 0.826. The van der Waals surface area contributed by atoms with Crippen molar-refractivity contribution in [2.75, 3.05) is 17.5 Å². The number of nitrogens with two attached hydrogens (primary N) is 1. The molecule has 0 amide bonds. The van der Waals surface area contributed by atoms with Gasteiger partial charge >= 0.3 is 10.2 Å². The topological polar surface area (TPSA) is 88.3 Å². The number of aromatic nitrogens is 1. The molecule has 8 heteroatoms. The maximum absolute atomic E-state index is 12.1. The molecule has 0 saturated carbocycles. The van der Waals surface area contributed by atoms with Gasteiger partial charge in [0, 0.05) is 29.7 Å². The molecule has 0 aliphatic heterocycles. The molecule has 1 aromatic carbocycles. The molecule has 21 heavy (non-hydrogen) atoms. The lowest BCUT2D eigenvalue weighted by atomic mass is 10.2. The summed E-state index contributed by atoms with van der Waals surface area (Å²) in [4.78, 5) is 4.30. The lowest BCUT2D eigenvalue weighted by Gasteiger charge is -2.20. The number of nitrogens with one attached hydrogen (secondary N) is 1. The fourth-order valence-electron chi connectivity index (χ4n) is 1.57. The van der Waals surface area contributed by atoms with Gasteiger partial charge in [-0.2, -0.15) is 12.7 Å².